The van der Waals surface area contributed by atoms with Gasteiger partial charge in [-0.15, -0.1) is 0 Å². The fraction of sp³-hybridized carbons (Fsp3) is 0.250. The van der Waals surface area contributed by atoms with Gasteiger partial charge in [0.15, 0.2) is 0 Å². The van der Waals surface area contributed by atoms with Gasteiger partial charge >= 0.3 is 5.97 Å². The molecule has 2 aromatic rings. The number of ether oxygens (including phenoxy) is 1. The first-order chi connectivity index (χ1) is 13.0. The Hall–Kier alpha value is -3.22. The molecular weight excluding hydrogens is 351 g/mol. The zero-order chi connectivity index (χ0) is 19.4. The summed E-state index contributed by atoms with van der Waals surface area (Å²) >= 11 is 0. The summed E-state index contributed by atoms with van der Waals surface area (Å²) in [6, 6.07) is 12.0. The second kappa shape index (κ2) is 7.57. The third-order valence-corrected chi connectivity index (χ3v) is 4.40. The molecule has 2 amide bonds. The van der Waals surface area contributed by atoms with Gasteiger partial charge < -0.3 is 15.4 Å². The molecule has 3 rings (SSSR count). The molecule has 1 saturated carbocycles. The molecule has 0 spiro atoms. The van der Waals surface area contributed by atoms with Crippen LogP contribution in [0.2, 0.25) is 0 Å². The van der Waals surface area contributed by atoms with Gasteiger partial charge in [-0.2, -0.15) is 0 Å². The van der Waals surface area contributed by atoms with Crippen LogP contribution in [0, 0.1) is 11.2 Å². The second-order valence-electron chi connectivity index (χ2n) is 6.27. The number of amides is 2. The first-order valence-electron chi connectivity index (χ1n) is 8.61. The van der Waals surface area contributed by atoms with E-state index >= 15 is 0 Å². The molecule has 0 atom stereocenters. The summed E-state index contributed by atoms with van der Waals surface area (Å²) in [5, 5.41) is 5.16. The summed E-state index contributed by atoms with van der Waals surface area (Å²) in [6.07, 6.45) is 0.778. The quantitative estimate of drug-likeness (QED) is 0.603. The minimum atomic E-state index is -1.21. The molecular formula is C20H19FN2O4. The Morgan fingerprint density at radius 3 is 2.22 bits per heavy atom. The number of carbonyl (C=O) groups is 3. The van der Waals surface area contributed by atoms with Crippen LogP contribution in [0.5, 0.6) is 0 Å². The van der Waals surface area contributed by atoms with Crippen LogP contribution in [-0.2, 0) is 14.3 Å². The van der Waals surface area contributed by atoms with Crippen LogP contribution in [0.15, 0.2) is 48.5 Å². The maximum Gasteiger partial charge on any atom is 0.338 e. The molecule has 7 heteroatoms. The van der Waals surface area contributed by atoms with Crippen molar-refractivity contribution in [2.75, 3.05) is 17.2 Å². The molecule has 1 aliphatic carbocycles. The molecule has 1 fully saturated rings. The van der Waals surface area contributed by atoms with Crippen molar-refractivity contribution >= 4 is 29.2 Å². The highest BCUT2D eigenvalue weighted by Crippen LogP contribution is 2.47. The first kappa shape index (κ1) is 18.6. The van der Waals surface area contributed by atoms with Gasteiger partial charge in [-0.25, -0.2) is 9.18 Å². The van der Waals surface area contributed by atoms with Gasteiger partial charge in [0, 0.05) is 5.69 Å². The Morgan fingerprint density at radius 2 is 1.63 bits per heavy atom. The molecule has 2 aromatic carbocycles. The van der Waals surface area contributed by atoms with Crippen LogP contribution in [0.4, 0.5) is 15.8 Å². The minimum Gasteiger partial charge on any atom is -0.462 e. The van der Waals surface area contributed by atoms with Crippen molar-refractivity contribution in [2.45, 2.75) is 19.8 Å². The van der Waals surface area contributed by atoms with E-state index in [0.29, 0.717) is 24.1 Å². The molecule has 0 radical (unpaired) electrons. The molecule has 0 saturated heterocycles. The van der Waals surface area contributed by atoms with Crippen molar-refractivity contribution in [2.24, 2.45) is 5.41 Å². The topological polar surface area (TPSA) is 84.5 Å². The molecule has 0 aliphatic heterocycles. The summed E-state index contributed by atoms with van der Waals surface area (Å²) in [5.74, 6) is -2.00. The van der Waals surface area contributed by atoms with Crippen LogP contribution >= 0.6 is 0 Å². The third kappa shape index (κ3) is 3.97. The van der Waals surface area contributed by atoms with Gasteiger partial charge in [-0.1, -0.05) is 12.1 Å². The van der Waals surface area contributed by atoms with Crippen molar-refractivity contribution in [1.82, 2.24) is 0 Å². The molecule has 140 valence electrons. The summed E-state index contributed by atoms with van der Waals surface area (Å²) < 4.78 is 18.6. The maximum atomic E-state index is 13.7. The van der Waals surface area contributed by atoms with Crippen molar-refractivity contribution in [1.29, 1.82) is 0 Å². The average molecular weight is 370 g/mol. The smallest absolute Gasteiger partial charge is 0.338 e. The van der Waals surface area contributed by atoms with E-state index in [1.54, 1.807) is 25.1 Å². The minimum absolute atomic E-state index is 0.0420. The Morgan fingerprint density at radius 1 is 1.00 bits per heavy atom. The van der Waals surface area contributed by atoms with E-state index in [-0.39, 0.29) is 12.3 Å². The summed E-state index contributed by atoms with van der Waals surface area (Å²) in [6.45, 7) is 1.99. The number of carbonyl (C=O) groups excluding carboxylic acids is 3. The molecule has 2 N–H and O–H groups in total. The second-order valence-corrected chi connectivity index (χ2v) is 6.27. The van der Waals surface area contributed by atoms with E-state index in [1.165, 1.54) is 30.3 Å². The SMILES string of the molecule is CCOC(=O)c1ccc(NC(=O)C2(C(=O)Nc3ccccc3F)CC2)cc1. The third-order valence-electron chi connectivity index (χ3n) is 4.40. The van der Waals surface area contributed by atoms with E-state index in [0.717, 1.165) is 0 Å². The summed E-state index contributed by atoms with van der Waals surface area (Å²) in [7, 11) is 0. The van der Waals surface area contributed by atoms with Gasteiger partial charge in [0.05, 0.1) is 17.9 Å². The predicted octanol–water partition coefficient (Wildman–Crippen LogP) is 3.36. The lowest BCUT2D eigenvalue weighted by atomic mass is 10.0. The van der Waals surface area contributed by atoms with E-state index < -0.39 is 29.0 Å². The van der Waals surface area contributed by atoms with Gasteiger partial charge in [-0.3, -0.25) is 9.59 Å². The lowest BCUT2D eigenvalue weighted by Crippen LogP contribution is -2.35. The molecule has 0 unspecified atom stereocenters. The normalized spacial score (nSPS) is 14.1. The van der Waals surface area contributed by atoms with Crippen molar-refractivity contribution in [3.8, 4) is 0 Å². The van der Waals surface area contributed by atoms with Crippen LogP contribution in [0.3, 0.4) is 0 Å². The highest BCUT2D eigenvalue weighted by molar-refractivity contribution is 6.17. The zero-order valence-electron chi connectivity index (χ0n) is 14.8. The zero-order valence-corrected chi connectivity index (χ0v) is 14.8. The Balaban J connectivity index is 1.66. The Labute approximate surface area is 155 Å². The molecule has 0 aromatic heterocycles. The maximum absolute atomic E-state index is 13.7. The van der Waals surface area contributed by atoms with Crippen LogP contribution in [-0.4, -0.2) is 24.4 Å². The van der Waals surface area contributed by atoms with Crippen molar-refractivity contribution in [3.63, 3.8) is 0 Å². The summed E-state index contributed by atoms with van der Waals surface area (Å²) in [4.78, 5) is 36.7. The number of hydrogen-bond acceptors (Lipinski definition) is 4. The van der Waals surface area contributed by atoms with Crippen molar-refractivity contribution < 1.29 is 23.5 Å². The van der Waals surface area contributed by atoms with Gasteiger partial charge in [0.1, 0.15) is 11.2 Å². The van der Waals surface area contributed by atoms with E-state index in [9.17, 15) is 18.8 Å². The monoisotopic (exact) mass is 370 g/mol. The fourth-order valence-corrected chi connectivity index (χ4v) is 2.64. The molecule has 6 nitrogen and oxygen atoms in total. The van der Waals surface area contributed by atoms with Crippen LogP contribution in [0.25, 0.3) is 0 Å². The van der Waals surface area contributed by atoms with Crippen LogP contribution in [0.1, 0.15) is 30.1 Å². The highest BCUT2D eigenvalue weighted by atomic mass is 19.1. The Kier molecular flexibility index (Phi) is 5.21. The number of halogens is 1. The fourth-order valence-electron chi connectivity index (χ4n) is 2.64. The lowest BCUT2D eigenvalue weighted by Gasteiger charge is -2.16. The van der Waals surface area contributed by atoms with Crippen molar-refractivity contribution in [3.05, 3.63) is 59.9 Å². The number of hydrogen-bond donors (Lipinski definition) is 2. The molecule has 1 aliphatic rings. The molecule has 0 bridgehead atoms. The number of para-hydroxylation sites is 1. The van der Waals surface area contributed by atoms with Gasteiger partial charge in [0.2, 0.25) is 11.8 Å². The predicted molar refractivity (Wildman–Crippen MR) is 97.7 cm³/mol. The molecule has 0 heterocycles. The van der Waals surface area contributed by atoms with E-state index in [1.807, 2.05) is 0 Å². The van der Waals surface area contributed by atoms with Gasteiger partial charge in [-0.05, 0) is 56.2 Å². The lowest BCUT2D eigenvalue weighted by molar-refractivity contribution is -0.131. The largest absolute Gasteiger partial charge is 0.462 e. The van der Waals surface area contributed by atoms with Crippen LogP contribution < -0.4 is 10.6 Å². The highest BCUT2D eigenvalue weighted by Gasteiger charge is 2.56. The average Bonchev–Trinajstić information content (AvgIpc) is 3.46. The van der Waals surface area contributed by atoms with Gasteiger partial charge in [0.25, 0.3) is 0 Å². The first-order valence-corrected chi connectivity index (χ1v) is 8.61. The number of benzene rings is 2. The Bertz CT molecular complexity index is 876. The standard InChI is InChI=1S/C20H19FN2O4/c1-2-27-17(24)13-7-9-14(10-8-13)22-18(25)20(11-12-20)19(26)23-16-6-4-3-5-15(16)21/h3-10H,2,11-12H2,1H3,(H,22,25)(H,23,26). The number of esters is 1. The van der Waals surface area contributed by atoms with E-state index in [2.05, 4.69) is 10.6 Å². The van der Waals surface area contributed by atoms with E-state index in [4.69, 9.17) is 4.74 Å². The molecule has 27 heavy (non-hydrogen) atoms. The number of rotatable bonds is 6. The number of nitrogens with one attached hydrogen (secondary N) is 2. The summed E-state index contributed by atoms with van der Waals surface area (Å²) in [5.41, 5.74) is -0.339. The number of anilines is 2.